The van der Waals surface area contributed by atoms with E-state index in [1.165, 1.54) is 0 Å². The van der Waals surface area contributed by atoms with Crippen molar-refractivity contribution in [3.8, 4) is 11.1 Å². The van der Waals surface area contributed by atoms with Crippen LogP contribution in [0.2, 0.25) is 0 Å². The molecule has 0 bridgehead atoms. The molecule has 1 amide bonds. The van der Waals surface area contributed by atoms with Crippen LogP contribution < -0.4 is 15.6 Å². The first-order chi connectivity index (χ1) is 21.1. The van der Waals surface area contributed by atoms with Crippen LogP contribution >= 0.6 is 11.3 Å². The Bertz CT molecular complexity index is 1850. The van der Waals surface area contributed by atoms with Crippen LogP contribution in [-0.2, 0) is 9.53 Å². The molecule has 0 unspecified atom stereocenters. The Hall–Kier alpha value is -3.76. The zero-order valence-electron chi connectivity index (χ0n) is 24.4. The second kappa shape index (κ2) is 12.1. The summed E-state index contributed by atoms with van der Waals surface area (Å²) in [6, 6.07) is 19.7. The molecule has 2 aromatic heterocycles. The van der Waals surface area contributed by atoms with E-state index < -0.39 is 0 Å². The van der Waals surface area contributed by atoms with E-state index in [1.54, 1.807) is 17.4 Å². The molecule has 9 heteroatoms. The van der Waals surface area contributed by atoms with Gasteiger partial charge in [0.15, 0.2) is 11.3 Å². The fraction of sp³-hybridized carbons (Fsp3) is 0.353. The van der Waals surface area contributed by atoms with E-state index >= 15 is 0 Å². The average Bonchev–Trinajstić information content (AvgIpc) is 3.43. The first kappa shape index (κ1) is 28.0. The maximum atomic E-state index is 13.3. The number of anilines is 2. The summed E-state index contributed by atoms with van der Waals surface area (Å²) in [7, 11) is 0. The van der Waals surface area contributed by atoms with Crippen molar-refractivity contribution in [1.82, 2.24) is 9.80 Å². The second-order valence-corrected chi connectivity index (χ2v) is 12.4. The maximum absolute atomic E-state index is 13.3. The third-order valence-electron chi connectivity index (χ3n) is 8.53. The van der Waals surface area contributed by atoms with E-state index in [4.69, 9.17) is 9.15 Å². The number of benzene rings is 3. The number of nitrogens with zero attached hydrogens (tertiary/aromatic N) is 3. The Morgan fingerprint density at radius 1 is 0.884 bits per heavy atom. The lowest BCUT2D eigenvalue weighted by Crippen LogP contribution is -2.48. The van der Waals surface area contributed by atoms with Gasteiger partial charge in [0.25, 0.3) is 0 Å². The van der Waals surface area contributed by atoms with Gasteiger partial charge in [0.05, 0.1) is 30.8 Å². The topological polar surface area (TPSA) is 78.3 Å². The van der Waals surface area contributed by atoms with Crippen LogP contribution in [0, 0.1) is 0 Å². The van der Waals surface area contributed by atoms with Crippen molar-refractivity contribution in [1.29, 1.82) is 0 Å². The molecule has 3 aromatic carbocycles. The van der Waals surface area contributed by atoms with Crippen LogP contribution in [0.25, 0.3) is 42.3 Å². The third kappa shape index (κ3) is 5.54. The van der Waals surface area contributed by atoms with Gasteiger partial charge in [0.1, 0.15) is 5.58 Å². The summed E-state index contributed by atoms with van der Waals surface area (Å²) in [5, 5.41) is 5.92. The Morgan fingerprint density at radius 3 is 2.47 bits per heavy atom. The van der Waals surface area contributed by atoms with Gasteiger partial charge in [-0.1, -0.05) is 43.3 Å². The van der Waals surface area contributed by atoms with Crippen LogP contribution in [0.3, 0.4) is 0 Å². The Labute approximate surface area is 254 Å². The second-order valence-electron chi connectivity index (χ2n) is 11.4. The van der Waals surface area contributed by atoms with Gasteiger partial charge >= 0.3 is 0 Å². The van der Waals surface area contributed by atoms with Gasteiger partial charge in [-0.2, -0.15) is 0 Å². The molecule has 2 aliphatic heterocycles. The third-order valence-corrected chi connectivity index (χ3v) is 9.73. The summed E-state index contributed by atoms with van der Waals surface area (Å²) < 4.78 is 14.2. The fourth-order valence-corrected chi connectivity index (χ4v) is 7.60. The van der Waals surface area contributed by atoms with Gasteiger partial charge in [-0.25, -0.2) is 0 Å². The molecule has 222 valence electrons. The van der Waals surface area contributed by atoms with Crippen molar-refractivity contribution in [3.63, 3.8) is 0 Å². The Morgan fingerprint density at radius 2 is 1.65 bits per heavy atom. The molecule has 4 heterocycles. The highest BCUT2D eigenvalue weighted by Gasteiger charge is 2.22. The molecule has 0 atom stereocenters. The Balaban J connectivity index is 1.27. The number of fused-ring (bicyclic) bond motifs is 4. The van der Waals surface area contributed by atoms with Crippen LogP contribution in [0.1, 0.15) is 13.3 Å². The molecule has 1 N–H and O–H groups in total. The molecule has 5 aromatic rings. The molecule has 8 nitrogen and oxygen atoms in total. The highest BCUT2D eigenvalue weighted by molar-refractivity contribution is 7.26. The summed E-state index contributed by atoms with van der Waals surface area (Å²) in [5.41, 5.74) is 3.17. The molecule has 2 saturated heterocycles. The van der Waals surface area contributed by atoms with E-state index in [-0.39, 0.29) is 11.3 Å². The van der Waals surface area contributed by atoms with Crippen molar-refractivity contribution < 1.29 is 13.9 Å². The Kier molecular flexibility index (Phi) is 7.88. The minimum Gasteiger partial charge on any atom is -0.440 e. The molecule has 0 radical (unpaired) electrons. The number of carbonyl (C=O) groups excluding carboxylic acids is 1. The predicted molar refractivity (Wildman–Crippen MR) is 176 cm³/mol. The van der Waals surface area contributed by atoms with E-state index in [2.05, 4.69) is 39.1 Å². The van der Waals surface area contributed by atoms with Crippen LogP contribution in [0.15, 0.2) is 69.9 Å². The summed E-state index contributed by atoms with van der Waals surface area (Å²) in [6.45, 7) is 10.1. The largest absolute Gasteiger partial charge is 0.440 e. The number of hydrogen-bond acceptors (Lipinski definition) is 8. The highest BCUT2D eigenvalue weighted by Crippen LogP contribution is 2.45. The molecule has 0 saturated carbocycles. The number of piperazine rings is 1. The lowest BCUT2D eigenvalue weighted by molar-refractivity contribution is -0.117. The zero-order chi connectivity index (χ0) is 29.3. The van der Waals surface area contributed by atoms with E-state index in [1.807, 2.05) is 42.5 Å². The van der Waals surface area contributed by atoms with Gasteiger partial charge in [-0.15, -0.1) is 11.3 Å². The minimum atomic E-state index is -0.0587. The predicted octanol–water partition coefficient (Wildman–Crippen LogP) is 5.63. The highest BCUT2D eigenvalue weighted by atomic mass is 32.1. The van der Waals surface area contributed by atoms with Crippen LogP contribution in [0.5, 0.6) is 0 Å². The molecule has 43 heavy (non-hydrogen) atoms. The van der Waals surface area contributed by atoms with Crippen molar-refractivity contribution in [2.45, 2.75) is 13.3 Å². The molecule has 2 aliphatic rings. The number of ether oxygens (including phenoxy) is 1. The van der Waals surface area contributed by atoms with Crippen molar-refractivity contribution >= 4 is 60.0 Å². The number of para-hydroxylation sites is 1. The first-order valence-corrected chi connectivity index (χ1v) is 16.0. The lowest BCUT2D eigenvalue weighted by atomic mass is 9.99. The van der Waals surface area contributed by atoms with Gasteiger partial charge in [-0.05, 0) is 31.2 Å². The molecule has 0 spiro atoms. The number of thiophene rings is 1. The number of morpholine rings is 1. The number of nitrogens with one attached hydrogen (secondary N) is 1. The zero-order valence-corrected chi connectivity index (χ0v) is 25.3. The first-order valence-electron chi connectivity index (χ1n) is 15.2. The average molecular weight is 597 g/mol. The summed E-state index contributed by atoms with van der Waals surface area (Å²) in [5.74, 6) is 0.569. The van der Waals surface area contributed by atoms with Crippen molar-refractivity contribution in [3.05, 3.63) is 70.9 Å². The van der Waals surface area contributed by atoms with Crippen molar-refractivity contribution in [2.75, 3.05) is 75.8 Å². The molecule has 0 aliphatic carbocycles. The summed E-state index contributed by atoms with van der Waals surface area (Å²) >= 11 is 1.70. The van der Waals surface area contributed by atoms with Gasteiger partial charge in [-0.3, -0.25) is 14.5 Å². The molecular formula is C34H36N4O4S. The number of hydrogen-bond donors (Lipinski definition) is 1. The van der Waals surface area contributed by atoms with Crippen LogP contribution in [0.4, 0.5) is 11.6 Å². The monoisotopic (exact) mass is 596 g/mol. The number of rotatable bonds is 7. The van der Waals surface area contributed by atoms with E-state index in [9.17, 15) is 9.59 Å². The summed E-state index contributed by atoms with van der Waals surface area (Å²) in [6.07, 6.45) is 1.15. The van der Waals surface area contributed by atoms with Crippen LogP contribution in [-0.4, -0.2) is 81.3 Å². The molecule has 2 fully saturated rings. The fourth-order valence-electron chi connectivity index (χ4n) is 6.34. The lowest BCUT2D eigenvalue weighted by Gasteiger charge is -2.34. The quantitative estimate of drug-likeness (QED) is 0.261. The number of carbonyl (C=O) groups is 1. The minimum absolute atomic E-state index is 0.000386. The van der Waals surface area contributed by atoms with Gasteiger partial charge in [0, 0.05) is 76.6 Å². The maximum Gasteiger partial charge on any atom is 0.238 e. The van der Waals surface area contributed by atoms with E-state index in [0.29, 0.717) is 49.7 Å². The summed E-state index contributed by atoms with van der Waals surface area (Å²) in [4.78, 5) is 33.3. The standard InChI is InChI=1S/C34H36N4O4S/c1-2-12-36-13-15-37(16-14-36)22-30(40)35-27-11-10-24(34-32(27)26-6-3-4-9-29(26)43-34)23-7-5-8-25-28(39)21-31(42-33(23)25)38-17-19-41-20-18-38/h3-11,21H,2,12-20,22H2,1H3,(H,35,40). The van der Waals surface area contributed by atoms with E-state index in [0.717, 1.165) is 76.1 Å². The normalized spacial score (nSPS) is 16.8. The van der Waals surface area contributed by atoms with Crippen molar-refractivity contribution in [2.24, 2.45) is 0 Å². The smallest absolute Gasteiger partial charge is 0.238 e. The molecular weight excluding hydrogens is 560 g/mol. The number of amides is 1. The van der Waals surface area contributed by atoms with Gasteiger partial charge < -0.3 is 24.3 Å². The SMILES string of the molecule is CCCN1CCN(CC(=O)Nc2ccc(-c3cccc4c(=O)cc(N5CCOCC5)oc34)c3sc4ccccc4c23)CC1. The van der Waals surface area contributed by atoms with Gasteiger partial charge in [0.2, 0.25) is 5.91 Å². The molecule has 7 rings (SSSR count).